The first kappa shape index (κ1) is 19.0. The summed E-state index contributed by atoms with van der Waals surface area (Å²) >= 11 is 5.99. The second-order valence-electron chi connectivity index (χ2n) is 6.85. The molecule has 0 saturated heterocycles. The summed E-state index contributed by atoms with van der Waals surface area (Å²) in [6, 6.07) is 10.3. The molecular weight excluding hydrogens is 368 g/mol. The summed E-state index contributed by atoms with van der Waals surface area (Å²) in [6.07, 6.45) is 0. The third-order valence-electron chi connectivity index (χ3n) is 4.38. The predicted molar refractivity (Wildman–Crippen MR) is 105 cm³/mol. The normalized spacial score (nSPS) is 13.0. The molecule has 1 heterocycles. The average Bonchev–Trinajstić information content (AvgIpc) is 2.64. The second kappa shape index (κ2) is 7.48. The number of nitrogens with one attached hydrogen (secondary N) is 2. The largest absolute Gasteiger partial charge is 0.486 e. The van der Waals surface area contributed by atoms with Gasteiger partial charge in [0.1, 0.15) is 18.6 Å². The van der Waals surface area contributed by atoms with Gasteiger partial charge in [-0.2, -0.15) is 0 Å². The summed E-state index contributed by atoms with van der Waals surface area (Å²) in [5.74, 6) is 0.336. The number of rotatable bonds is 4. The quantitative estimate of drug-likeness (QED) is 0.775. The third kappa shape index (κ3) is 4.17. The van der Waals surface area contributed by atoms with Crippen LogP contribution in [0.25, 0.3) is 0 Å². The van der Waals surface area contributed by atoms with Crippen LogP contribution in [0.2, 0.25) is 5.02 Å². The summed E-state index contributed by atoms with van der Waals surface area (Å²) in [4.78, 5) is 25.4. The molecule has 3 rings (SSSR count). The standard InChI is InChI=1S/C20H21ClN2O4/c1-12-4-5-13(21)10-15(12)23-19(25)20(2,3)18(24)22-14-6-7-16-17(11-14)27-9-8-26-16/h4-7,10-11H,8-9H2,1-3H3,(H,22,24)(H,23,25). The van der Waals surface area contributed by atoms with Crippen molar-refractivity contribution in [3.63, 3.8) is 0 Å². The van der Waals surface area contributed by atoms with Crippen molar-refractivity contribution in [1.82, 2.24) is 0 Å². The number of halogens is 1. The van der Waals surface area contributed by atoms with Gasteiger partial charge in [-0.1, -0.05) is 17.7 Å². The van der Waals surface area contributed by atoms with Gasteiger partial charge in [-0.15, -0.1) is 0 Å². The van der Waals surface area contributed by atoms with E-state index < -0.39 is 17.2 Å². The van der Waals surface area contributed by atoms with Crippen molar-refractivity contribution in [1.29, 1.82) is 0 Å². The van der Waals surface area contributed by atoms with Crippen molar-refractivity contribution in [2.45, 2.75) is 20.8 Å². The Labute approximate surface area is 162 Å². The van der Waals surface area contributed by atoms with Crippen molar-refractivity contribution >= 4 is 34.8 Å². The summed E-state index contributed by atoms with van der Waals surface area (Å²) in [6.45, 7) is 5.94. The molecule has 0 fully saturated rings. The van der Waals surface area contributed by atoms with Gasteiger partial charge in [0.05, 0.1) is 0 Å². The van der Waals surface area contributed by atoms with Crippen LogP contribution in [0.3, 0.4) is 0 Å². The van der Waals surface area contributed by atoms with Gasteiger partial charge in [0.2, 0.25) is 11.8 Å². The van der Waals surface area contributed by atoms with E-state index >= 15 is 0 Å². The zero-order chi connectivity index (χ0) is 19.6. The maximum absolute atomic E-state index is 12.7. The molecule has 0 atom stereocenters. The van der Waals surface area contributed by atoms with Crippen LogP contribution in [0.4, 0.5) is 11.4 Å². The van der Waals surface area contributed by atoms with E-state index in [-0.39, 0.29) is 0 Å². The zero-order valence-corrected chi connectivity index (χ0v) is 16.1. The molecule has 2 aromatic rings. The van der Waals surface area contributed by atoms with Crippen LogP contribution in [0.15, 0.2) is 36.4 Å². The lowest BCUT2D eigenvalue weighted by molar-refractivity contribution is -0.135. The van der Waals surface area contributed by atoms with E-state index in [1.165, 1.54) is 0 Å². The van der Waals surface area contributed by atoms with E-state index in [1.54, 1.807) is 50.2 Å². The Morgan fingerprint density at radius 2 is 1.63 bits per heavy atom. The number of anilines is 2. The fraction of sp³-hybridized carbons (Fsp3) is 0.300. The predicted octanol–water partition coefficient (Wildman–Crippen LogP) is 4.02. The molecule has 0 aliphatic carbocycles. The SMILES string of the molecule is Cc1ccc(Cl)cc1NC(=O)C(C)(C)C(=O)Nc1ccc2c(c1)OCCO2. The van der Waals surface area contributed by atoms with Crippen molar-refractivity contribution < 1.29 is 19.1 Å². The molecular formula is C20H21ClN2O4. The molecule has 1 aliphatic rings. The van der Waals surface area contributed by atoms with Crippen molar-refractivity contribution in [3.05, 3.63) is 47.0 Å². The van der Waals surface area contributed by atoms with Gasteiger partial charge in [0.15, 0.2) is 11.5 Å². The molecule has 7 heteroatoms. The van der Waals surface area contributed by atoms with Gasteiger partial charge in [0, 0.05) is 22.5 Å². The Bertz CT molecular complexity index is 896. The summed E-state index contributed by atoms with van der Waals surface area (Å²) < 4.78 is 11.0. The van der Waals surface area contributed by atoms with Crippen LogP contribution in [0.5, 0.6) is 11.5 Å². The Morgan fingerprint density at radius 3 is 2.37 bits per heavy atom. The van der Waals surface area contributed by atoms with E-state index in [2.05, 4.69) is 10.6 Å². The number of fused-ring (bicyclic) bond motifs is 1. The van der Waals surface area contributed by atoms with E-state index in [1.807, 2.05) is 6.92 Å². The van der Waals surface area contributed by atoms with E-state index in [4.69, 9.17) is 21.1 Å². The number of hydrogen-bond acceptors (Lipinski definition) is 4. The highest BCUT2D eigenvalue weighted by molar-refractivity contribution is 6.31. The molecule has 0 saturated carbocycles. The number of carbonyl (C=O) groups excluding carboxylic acids is 2. The Kier molecular flexibility index (Phi) is 5.28. The summed E-state index contributed by atoms with van der Waals surface area (Å²) in [5.41, 5.74) is 0.662. The molecule has 142 valence electrons. The smallest absolute Gasteiger partial charge is 0.239 e. The van der Waals surface area contributed by atoms with Crippen molar-refractivity contribution in [2.75, 3.05) is 23.8 Å². The third-order valence-corrected chi connectivity index (χ3v) is 4.62. The number of carbonyl (C=O) groups is 2. The maximum atomic E-state index is 12.7. The lowest BCUT2D eigenvalue weighted by atomic mass is 9.90. The van der Waals surface area contributed by atoms with Gasteiger partial charge in [-0.25, -0.2) is 0 Å². The van der Waals surface area contributed by atoms with Gasteiger partial charge in [-0.3, -0.25) is 9.59 Å². The molecule has 0 unspecified atom stereocenters. The zero-order valence-electron chi connectivity index (χ0n) is 15.4. The van der Waals surface area contributed by atoms with Gasteiger partial charge >= 0.3 is 0 Å². The summed E-state index contributed by atoms with van der Waals surface area (Å²) in [5, 5.41) is 6.05. The van der Waals surface area contributed by atoms with E-state index in [0.29, 0.717) is 41.1 Å². The lowest BCUT2D eigenvalue weighted by Gasteiger charge is -2.24. The fourth-order valence-electron chi connectivity index (χ4n) is 2.52. The molecule has 0 radical (unpaired) electrons. The highest BCUT2D eigenvalue weighted by Crippen LogP contribution is 2.33. The maximum Gasteiger partial charge on any atom is 0.239 e. The molecule has 27 heavy (non-hydrogen) atoms. The van der Waals surface area contributed by atoms with Crippen LogP contribution in [0, 0.1) is 12.3 Å². The Balaban J connectivity index is 1.72. The number of amides is 2. The Morgan fingerprint density at radius 1 is 0.963 bits per heavy atom. The molecule has 6 nitrogen and oxygen atoms in total. The molecule has 1 aliphatic heterocycles. The highest BCUT2D eigenvalue weighted by atomic mass is 35.5. The molecule has 2 amide bonds. The van der Waals surface area contributed by atoms with E-state index in [9.17, 15) is 9.59 Å². The minimum Gasteiger partial charge on any atom is -0.486 e. The average molecular weight is 389 g/mol. The van der Waals surface area contributed by atoms with Crippen molar-refractivity contribution in [2.24, 2.45) is 5.41 Å². The number of ether oxygens (including phenoxy) is 2. The molecule has 0 aromatic heterocycles. The van der Waals surface area contributed by atoms with Crippen LogP contribution < -0.4 is 20.1 Å². The number of aryl methyl sites for hydroxylation is 1. The van der Waals surface area contributed by atoms with Crippen LogP contribution in [0.1, 0.15) is 19.4 Å². The van der Waals surface area contributed by atoms with Crippen molar-refractivity contribution in [3.8, 4) is 11.5 Å². The summed E-state index contributed by atoms with van der Waals surface area (Å²) in [7, 11) is 0. The number of hydrogen-bond donors (Lipinski definition) is 2. The fourth-order valence-corrected chi connectivity index (χ4v) is 2.69. The molecule has 2 aromatic carbocycles. The molecule has 0 bridgehead atoms. The first-order valence-corrected chi connectivity index (χ1v) is 8.94. The van der Waals surface area contributed by atoms with Crippen LogP contribution in [-0.4, -0.2) is 25.0 Å². The van der Waals surface area contributed by atoms with Crippen LogP contribution in [-0.2, 0) is 9.59 Å². The molecule has 2 N–H and O–H groups in total. The number of benzene rings is 2. The molecule has 0 spiro atoms. The first-order valence-electron chi connectivity index (χ1n) is 8.56. The van der Waals surface area contributed by atoms with Crippen LogP contribution >= 0.6 is 11.6 Å². The van der Waals surface area contributed by atoms with Gasteiger partial charge in [-0.05, 0) is 50.6 Å². The minimum atomic E-state index is -1.30. The second-order valence-corrected chi connectivity index (χ2v) is 7.29. The Hall–Kier alpha value is -2.73. The first-order chi connectivity index (χ1) is 12.8. The van der Waals surface area contributed by atoms with Gasteiger partial charge < -0.3 is 20.1 Å². The van der Waals surface area contributed by atoms with Gasteiger partial charge in [0.25, 0.3) is 0 Å². The highest BCUT2D eigenvalue weighted by Gasteiger charge is 2.36. The monoisotopic (exact) mass is 388 g/mol. The van der Waals surface area contributed by atoms with E-state index in [0.717, 1.165) is 5.56 Å². The topological polar surface area (TPSA) is 76.7 Å². The lowest BCUT2D eigenvalue weighted by Crippen LogP contribution is -2.41. The minimum absolute atomic E-state index is 0.428.